The smallest absolute Gasteiger partial charge is 0.319 e. The highest BCUT2D eigenvalue weighted by Crippen LogP contribution is 2.27. The number of benzene rings is 1. The molecule has 0 unspecified atom stereocenters. The molecular weight excluding hydrogens is 274 g/mol. The van der Waals surface area contributed by atoms with Crippen molar-refractivity contribution in [2.75, 3.05) is 31.5 Å². The molecule has 0 fully saturated rings. The lowest BCUT2D eigenvalue weighted by Gasteiger charge is -2.19. The van der Waals surface area contributed by atoms with Crippen LogP contribution in [0.3, 0.4) is 0 Å². The van der Waals surface area contributed by atoms with Gasteiger partial charge in [-0.3, -0.25) is 0 Å². The molecule has 0 atom stereocenters. The fourth-order valence-electron chi connectivity index (χ4n) is 2.54. The molecule has 1 aromatic rings. The molecule has 1 aromatic carbocycles. The molecule has 2 amide bonds. The van der Waals surface area contributed by atoms with Gasteiger partial charge in [-0.2, -0.15) is 0 Å². The highest BCUT2D eigenvalue weighted by molar-refractivity contribution is 5.91. The first kappa shape index (κ1) is 18.5. The minimum absolute atomic E-state index is 0.115. The Hall–Kier alpha value is -1.55. The minimum Gasteiger partial charge on any atom is -0.338 e. The molecule has 0 aliphatic carbocycles. The van der Waals surface area contributed by atoms with Crippen molar-refractivity contribution in [3.8, 4) is 0 Å². The zero-order chi connectivity index (χ0) is 16.5. The lowest BCUT2D eigenvalue weighted by Crippen LogP contribution is -2.33. The van der Waals surface area contributed by atoms with E-state index in [1.54, 1.807) is 0 Å². The van der Waals surface area contributed by atoms with Gasteiger partial charge < -0.3 is 15.5 Å². The third-order valence-corrected chi connectivity index (χ3v) is 4.00. The van der Waals surface area contributed by atoms with E-state index in [1.807, 2.05) is 19.1 Å². The fraction of sp³-hybridized carbons (Fsp3) is 0.611. The molecule has 0 spiro atoms. The molecule has 4 heteroatoms. The van der Waals surface area contributed by atoms with Gasteiger partial charge in [-0.05, 0) is 50.0 Å². The summed E-state index contributed by atoms with van der Waals surface area (Å²) in [6, 6.07) is 6.03. The van der Waals surface area contributed by atoms with Gasteiger partial charge >= 0.3 is 6.03 Å². The number of nitrogens with one attached hydrogen (secondary N) is 2. The van der Waals surface area contributed by atoms with Crippen molar-refractivity contribution in [3.63, 3.8) is 0 Å². The molecule has 0 aliphatic rings. The number of hydrogen-bond donors (Lipinski definition) is 2. The number of carbonyl (C=O) groups excluding carboxylic acids is 1. The van der Waals surface area contributed by atoms with Gasteiger partial charge in [-0.25, -0.2) is 4.79 Å². The second-order valence-electron chi connectivity index (χ2n) is 5.96. The van der Waals surface area contributed by atoms with Crippen LogP contribution in [0.2, 0.25) is 0 Å². The van der Waals surface area contributed by atoms with Gasteiger partial charge in [0.25, 0.3) is 0 Å². The molecular formula is C18H31N3O. The van der Waals surface area contributed by atoms with Crippen molar-refractivity contribution in [2.45, 2.75) is 47.0 Å². The van der Waals surface area contributed by atoms with Crippen LogP contribution in [0, 0.1) is 6.92 Å². The molecule has 124 valence electrons. The quantitative estimate of drug-likeness (QED) is 0.714. The third-order valence-electron chi connectivity index (χ3n) is 4.00. The highest BCUT2D eigenvalue weighted by Gasteiger charge is 2.11. The van der Waals surface area contributed by atoms with Gasteiger partial charge in [0.2, 0.25) is 0 Å². The van der Waals surface area contributed by atoms with E-state index in [2.05, 4.69) is 49.3 Å². The topological polar surface area (TPSA) is 44.4 Å². The Labute approximate surface area is 135 Å². The molecule has 1 rings (SSSR count). The number of para-hydroxylation sites is 1. The fourth-order valence-corrected chi connectivity index (χ4v) is 2.54. The number of anilines is 1. The Bertz CT molecular complexity index is 467. The van der Waals surface area contributed by atoms with Crippen LogP contribution in [-0.2, 0) is 0 Å². The molecule has 0 aromatic heterocycles. The van der Waals surface area contributed by atoms with Gasteiger partial charge in [0, 0.05) is 12.2 Å². The van der Waals surface area contributed by atoms with E-state index in [-0.39, 0.29) is 6.03 Å². The summed E-state index contributed by atoms with van der Waals surface area (Å²) in [7, 11) is 0. The molecule has 22 heavy (non-hydrogen) atoms. The average Bonchev–Trinajstić information content (AvgIpc) is 2.49. The minimum atomic E-state index is -0.115. The normalized spacial score (nSPS) is 11.0. The first-order valence-corrected chi connectivity index (χ1v) is 8.36. The zero-order valence-electron chi connectivity index (χ0n) is 14.7. The summed E-state index contributed by atoms with van der Waals surface area (Å²) in [5.41, 5.74) is 3.22. The summed E-state index contributed by atoms with van der Waals surface area (Å²) in [5.74, 6) is 0.387. The average molecular weight is 305 g/mol. The maximum Gasteiger partial charge on any atom is 0.319 e. The molecule has 0 saturated carbocycles. The number of amides is 2. The molecule has 0 aliphatic heterocycles. The number of carbonyl (C=O) groups is 1. The Morgan fingerprint density at radius 3 is 2.50 bits per heavy atom. The first-order chi connectivity index (χ1) is 10.5. The summed E-state index contributed by atoms with van der Waals surface area (Å²) >= 11 is 0. The molecule has 0 bridgehead atoms. The number of hydrogen-bond acceptors (Lipinski definition) is 2. The second-order valence-corrected chi connectivity index (χ2v) is 5.96. The SMILES string of the molecule is CCN(CC)CCCNC(=O)Nc1c(C)cccc1C(C)C. The summed E-state index contributed by atoms with van der Waals surface area (Å²) in [6.07, 6.45) is 0.972. The molecule has 4 nitrogen and oxygen atoms in total. The van der Waals surface area contributed by atoms with Crippen LogP contribution in [0.25, 0.3) is 0 Å². The van der Waals surface area contributed by atoms with Gasteiger partial charge in [0.05, 0.1) is 0 Å². The summed E-state index contributed by atoms with van der Waals surface area (Å²) in [6.45, 7) is 14.5. The number of rotatable bonds is 8. The van der Waals surface area contributed by atoms with E-state index in [0.717, 1.165) is 37.3 Å². The van der Waals surface area contributed by atoms with E-state index in [9.17, 15) is 4.79 Å². The standard InChI is InChI=1S/C18H31N3O/c1-6-21(7-2)13-9-12-19-18(22)20-17-15(5)10-8-11-16(17)14(3)4/h8,10-11,14H,6-7,9,12-13H2,1-5H3,(H2,19,20,22). The lowest BCUT2D eigenvalue weighted by molar-refractivity contribution is 0.250. The van der Waals surface area contributed by atoms with E-state index < -0.39 is 0 Å². The van der Waals surface area contributed by atoms with Gasteiger partial charge in [-0.15, -0.1) is 0 Å². The highest BCUT2D eigenvalue weighted by atomic mass is 16.2. The lowest BCUT2D eigenvalue weighted by atomic mass is 9.98. The van der Waals surface area contributed by atoms with Gasteiger partial charge in [0.15, 0.2) is 0 Å². The Balaban J connectivity index is 2.49. The summed E-state index contributed by atoms with van der Waals surface area (Å²) in [4.78, 5) is 14.4. The molecule has 2 N–H and O–H groups in total. The van der Waals surface area contributed by atoms with E-state index in [4.69, 9.17) is 0 Å². The van der Waals surface area contributed by atoms with Gasteiger partial charge in [0.1, 0.15) is 0 Å². The van der Waals surface area contributed by atoms with E-state index >= 15 is 0 Å². The molecule has 0 heterocycles. The van der Waals surface area contributed by atoms with Crippen LogP contribution >= 0.6 is 0 Å². The number of aryl methyl sites for hydroxylation is 1. The monoisotopic (exact) mass is 305 g/mol. The van der Waals surface area contributed by atoms with Crippen LogP contribution in [-0.4, -0.2) is 37.1 Å². The van der Waals surface area contributed by atoms with Crippen molar-refractivity contribution < 1.29 is 4.79 Å². The molecule has 0 radical (unpaired) electrons. The molecule has 0 saturated heterocycles. The predicted molar refractivity (Wildman–Crippen MR) is 94.7 cm³/mol. The Kier molecular flexibility index (Phi) is 7.96. The van der Waals surface area contributed by atoms with Crippen LogP contribution < -0.4 is 10.6 Å². The zero-order valence-corrected chi connectivity index (χ0v) is 14.7. The van der Waals surface area contributed by atoms with Crippen molar-refractivity contribution in [1.82, 2.24) is 10.2 Å². The van der Waals surface area contributed by atoms with Crippen molar-refractivity contribution >= 4 is 11.7 Å². The largest absolute Gasteiger partial charge is 0.338 e. The van der Waals surface area contributed by atoms with Crippen molar-refractivity contribution in [1.29, 1.82) is 0 Å². The van der Waals surface area contributed by atoms with Crippen molar-refractivity contribution in [3.05, 3.63) is 29.3 Å². The third kappa shape index (κ3) is 5.68. The summed E-state index contributed by atoms with van der Waals surface area (Å²) < 4.78 is 0. The van der Waals surface area contributed by atoms with Crippen LogP contribution in [0.4, 0.5) is 10.5 Å². The predicted octanol–water partition coefficient (Wildman–Crippen LogP) is 3.97. The van der Waals surface area contributed by atoms with Crippen LogP contribution in [0.15, 0.2) is 18.2 Å². The van der Waals surface area contributed by atoms with E-state index in [1.165, 1.54) is 5.56 Å². The Morgan fingerprint density at radius 2 is 1.91 bits per heavy atom. The maximum atomic E-state index is 12.1. The Morgan fingerprint density at radius 1 is 1.23 bits per heavy atom. The van der Waals surface area contributed by atoms with Crippen LogP contribution in [0.1, 0.15) is 51.2 Å². The summed E-state index contributed by atoms with van der Waals surface area (Å²) in [5, 5.41) is 5.96. The maximum absolute atomic E-state index is 12.1. The number of urea groups is 1. The second kappa shape index (κ2) is 9.46. The first-order valence-electron chi connectivity index (χ1n) is 8.36. The van der Waals surface area contributed by atoms with Gasteiger partial charge in [-0.1, -0.05) is 45.9 Å². The number of nitrogens with zero attached hydrogens (tertiary/aromatic N) is 1. The van der Waals surface area contributed by atoms with Crippen molar-refractivity contribution in [2.24, 2.45) is 0 Å². The van der Waals surface area contributed by atoms with Crippen LogP contribution in [0.5, 0.6) is 0 Å². The van der Waals surface area contributed by atoms with E-state index in [0.29, 0.717) is 12.5 Å².